The molecule has 0 fully saturated rings. The molecule has 0 saturated heterocycles. The molecule has 0 unspecified atom stereocenters. The normalized spacial score (nSPS) is 10.8. The largest absolute Gasteiger partial charge is 0.363 e. The minimum Gasteiger partial charge on any atom is -0.363 e. The fraction of sp³-hybridized carbons (Fsp3) is 0.111. The molecule has 0 atom stereocenters. The molecule has 0 amide bonds. The second-order valence-corrected chi connectivity index (χ2v) is 5.62. The third-order valence-corrected chi connectivity index (χ3v) is 4.03. The molecule has 0 N–H and O–H groups in total. The lowest BCUT2D eigenvalue weighted by Crippen LogP contribution is -2.05. The summed E-state index contributed by atoms with van der Waals surface area (Å²) in [6.45, 7) is 0.645. The van der Waals surface area contributed by atoms with Crippen molar-refractivity contribution in [1.29, 1.82) is 0 Å². The second-order valence-electron chi connectivity index (χ2n) is 4.59. The minimum absolute atomic E-state index is 0.0144. The van der Waals surface area contributed by atoms with E-state index in [1.807, 2.05) is 12.1 Å². The van der Waals surface area contributed by atoms with Crippen molar-refractivity contribution in [3.05, 3.63) is 94.2 Å². The molecule has 0 bridgehead atoms. The van der Waals surface area contributed by atoms with Gasteiger partial charge in [-0.3, -0.25) is 0 Å². The van der Waals surface area contributed by atoms with E-state index in [-0.39, 0.29) is 6.10 Å². The second kappa shape index (κ2) is 6.51. The smallest absolute Gasteiger partial charge is 0.108 e. The van der Waals surface area contributed by atoms with Crippen LogP contribution in [-0.2, 0) is 11.3 Å². The Kier molecular flexibility index (Phi) is 4.26. The molecule has 1 heterocycles. The Bertz CT molecular complexity index is 578. The van der Waals surface area contributed by atoms with Crippen molar-refractivity contribution in [2.75, 3.05) is 0 Å². The molecule has 0 saturated carbocycles. The predicted molar refractivity (Wildman–Crippen MR) is 83.8 cm³/mol. The zero-order valence-corrected chi connectivity index (χ0v) is 11.9. The summed E-state index contributed by atoms with van der Waals surface area (Å²) in [4.78, 5) is 1.25. The van der Waals surface area contributed by atoms with Gasteiger partial charge in [-0.15, -0.1) is 11.3 Å². The van der Waals surface area contributed by atoms with Crippen LogP contribution in [0.2, 0.25) is 0 Å². The van der Waals surface area contributed by atoms with Gasteiger partial charge in [0.05, 0.1) is 6.61 Å². The Morgan fingerprint density at radius 2 is 1.35 bits per heavy atom. The van der Waals surface area contributed by atoms with Crippen molar-refractivity contribution in [3.63, 3.8) is 0 Å². The maximum absolute atomic E-state index is 6.17. The van der Waals surface area contributed by atoms with E-state index in [0.717, 1.165) is 0 Å². The average Bonchev–Trinajstić information content (AvgIpc) is 3.03. The number of ether oxygens (including phenoxy) is 1. The molecule has 0 spiro atoms. The zero-order chi connectivity index (χ0) is 13.6. The van der Waals surface area contributed by atoms with Crippen LogP contribution >= 0.6 is 11.3 Å². The molecule has 0 aliphatic heterocycles. The van der Waals surface area contributed by atoms with Crippen molar-refractivity contribution in [1.82, 2.24) is 0 Å². The lowest BCUT2D eigenvalue weighted by molar-refractivity contribution is 0.0685. The molecular formula is C18H16OS. The SMILES string of the molecule is c1ccc(C(OCc2cccs2)c2ccccc2)cc1. The lowest BCUT2D eigenvalue weighted by Gasteiger charge is -2.18. The number of rotatable bonds is 5. The van der Waals surface area contributed by atoms with Crippen LogP contribution in [0.1, 0.15) is 22.1 Å². The number of benzene rings is 2. The van der Waals surface area contributed by atoms with Crippen LogP contribution in [0.5, 0.6) is 0 Å². The van der Waals surface area contributed by atoms with E-state index in [2.05, 4.69) is 66.0 Å². The first-order valence-electron chi connectivity index (χ1n) is 6.67. The van der Waals surface area contributed by atoms with Crippen LogP contribution in [-0.4, -0.2) is 0 Å². The molecule has 1 aromatic heterocycles. The van der Waals surface area contributed by atoms with Gasteiger partial charge in [0.1, 0.15) is 6.10 Å². The van der Waals surface area contributed by atoms with E-state index in [9.17, 15) is 0 Å². The summed E-state index contributed by atoms with van der Waals surface area (Å²) >= 11 is 1.73. The van der Waals surface area contributed by atoms with Crippen molar-refractivity contribution in [3.8, 4) is 0 Å². The van der Waals surface area contributed by atoms with E-state index in [0.29, 0.717) is 6.61 Å². The highest BCUT2D eigenvalue weighted by molar-refractivity contribution is 7.09. The van der Waals surface area contributed by atoms with Crippen molar-refractivity contribution < 1.29 is 4.74 Å². The molecule has 3 rings (SSSR count). The van der Waals surface area contributed by atoms with Crippen molar-refractivity contribution in [2.45, 2.75) is 12.7 Å². The molecule has 20 heavy (non-hydrogen) atoms. The summed E-state index contributed by atoms with van der Waals surface area (Å²) < 4.78 is 6.17. The van der Waals surface area contributed by atoms with Gasteiger partial charge in [-0.2, -0.15) is 0 Å². The molecule has 0 aliphatic rings. The molecule has 3 aromatic rings. The van der Waals surface area contributed by atoms with Gasteiger partial charge in [0.15, 0.2) is 0 Å². The summed E-state index contributed by atoms with van der Waals surface area (Å²) in [5.74, 6) is 0. The molecule has 0 aliphatic carbocycles. The van der Waals surface area contributed by atoms with Gasteiger partial charge in [-0.1, -0.05) is 66.7 Å². The topological polar surface area (TPSA) is 9.23 Å². The fourth-order valence-electron chi connectivity index (χ4n) is 2.20. The van der Waals surface area contributed by atoms with Gasteiger partial charge >= 0.3 is 0 Å². The quantitative estimate of drug-likeness (QED) is 0.635. The first-order valence-corrected chi connectivity index (χ1v) is 7.55. The third-order valence-electron chi connectivity index (χ3n) is 3.18. The van der Waals surface area contributed by atoms with Gasteiger partial charge in [-0.05, 0) is 22.6 Å². The van der Waals surface area contributed by atoms with Gasteiger partial charge in [-0.25, -0.2) is 0 Å². The Hall–Kier alpha value is -1.90. The van der Waals surface area contributed by atoms with Crippen LogP contribution in [0.3, 0.4) is 0 Å². The van der Waals surface area contributed by atoms with Gasteiger partial charge in [0.25, 0.3) is 0 Å². The molecule has 1 nitrogen and oxygen atoms in total. The van der Waals surface area contributed by atoms with E-state index >= 15 is 0 Å². The van der Waals surface area contributed by atoms with Crippen LogP contribution in [0.15, 0.2) is 78.2 Å². The van der Waals surface area contributed by atoms with E-state index in [1.54, 1.807) is 11.3 Å². The first kappa shape index (κ1) is 13.1. The Balaban J connectivity index is 1.84. The Morgan fingerprint density at radius 1 is 0.750 bits per heavy atom. The maximum Gasteiger partial charge on any atom is 0.108 e. The molecule has 100 valence electrons. The standard InChI is InChI=1S/C18H16OS/c1-3-8-15(9-4-1)18(16-10-5-2-6-11-16)19-14-17-12-7-13-20-17/h1-13,18H,14H2. The maximum atomic E-state index is 6.17. The minimum atomic E-state index is -0.0144. The zero-order valence-electron chi connectivity index (χ0n) is 11.1. The average molecular weight is 280 g/mol. The number of hydrogen-bond acceptors (Lipinski definition) is 2. The molecule has 0 radical (unpaired) electrons. The predicted octanol–water partition coefficient (Wildman–Crippen LogP) is 5.05. The Labute approximate surface area is 123 Å². The monoisotopic (exact) mass is 280 g/mol. The van der Waals surface area contributed by atoms with Crippen molar-refractivity contribution >= 4 is 11.3 Å². The van der Waals surface area contributed by atoms with Crippen molar-refractivity contribution in [2.24, 2.45) is 0 Å². The highest BCUT2D eigenvalue weighted by Gasteiger charge is 2.14. The highest BCUT2D eigenvalue weighted by atomic mass is 32.1. The molecular weight excluding hydrogens is 264 g/mol. The number of thiophene rings is 1. The van der Waals surface area contributed by atoms with E-state index in [4.69, 9.17) is 4.74 Å². The Morgan fingerprint density at radius 3 is 1.85 bits per heavy atom. The third kappa shape index (κ3) is 3.16. The summed E-state index contributed by atoms with van der Waals surface area (Å²) in [5.41, 5.74) is 2.38. The van der Waals surface area contributed by atoms with E-state index in [1.165, 1.54) is 16.0 Å². The first-order chi connectivity index (χ1) is 9.93. The van der Waals surface area contributed by atoms with Crippen LogP contribution in [0.25, 0.3) is 0 Å². The van der Waals surface area contributed by atoms with Gasteiger partial charge in [0.2, 0.25) is 0 Å². The van der Waals surface area contributed by atoms with Gasteiger partial charge < -0.3 is 4.74 Å². The molecule has 2 aromatic carbocycles. The molecule has 2 heteroatoms. The lowest BCUT2D eigenvalue weighted by atomic mass is 10.0. The number of hydrogen-bond donors (Lipinski definition) is 0. The summed E-state index contributed by atoms with van der Waals surface area (Å²) in [7, 11) is 0. The summed E-state index contributed by atoms with van der Waals surface area (Å²) in [6, 6.07) is 24.9. The summed E-state index contributed by atoms with van der Waals surface area (Å²) in [5, 5.41) is 2.08. The van der Waals surface area contributed by atoms with Crippen LogP contribution in [0, 0.1) is 0 Å². The van der Waals surface area contributed by atoms with E-state index < -0.39 is 0 Å². The highest BCUT2D eigenvalue weighted by Crippen LogP contribution is 2.27. The van der Waals surface area contributed by atoms with Crippen LogP contribution < -0.4 is 0 Å². The summed E-state index contributed by atoms with van der Waals surface area (Å²) in [6.07, 6.45) is -0.0144. The van der Waals surface area contributed by atoms with Gasteiger partial charge in [0, 0.05) is 4.88 Å². The fourth-order valence-corrected chi connectivity index (χ4v) is 2.83. The van der Waals surface area contributed by atoms with Crippen LogP contribution in [0.4, 0.5) is 0 Å².